The van der Waals surface area contributed by atoms with Crippen LogP contribution in [-0.2, 0) is 4.79 Å². The number of rotatable bonds is 6. The summed E-state index contributed by atoms with van der Waals surface area (Å²) in [5.74, 6) is -1.92. The van der Waals surface area contributed by atoms with Gasteiger partial charge in [0.05, 0.1) is 29.1 Å². The summed E-state index contributed by atoms with van der Waals surface area (Å²) in [5.41, 5.74) is 1.86. The standard InChI is InChI=1S/C17H24N4O3/c1-6-10(3)21-15-14(8-18-21)13(7-9(2)19-15)16(22)20-12(5)11(4)17(23)24/h7-8,10-12H,6H2,1-5H3,(H,20,22)(H,23,24). The fraction of sp³-hybridized carbons (Fsp3) is 0.529. The van der Waals surface area contributed by atoms with Crippen LogP contribution in [0.1, 0.15) is 56.2 Å². The van der Waals surface area contributed by atoms with E-state index in [0.717, 1.165) is 12.1 Å². The van der Waals surface area contributed by atoms with E-state index in [2.05, 4.69) is 22.3 Å². The Morgan fingerprint density at radius 1 is 1.33 bits per heavy atom. The minimum atomic E-state index is -0.941. The molecule has 0 aliphatic heterocycles. The molecular formula is C17H24N4O3. The van der Waals surface area contributed by atoms with Gasteiger partial charge in [0.15, 0.2) is 5.65 Å². The SMILES string of the molecule is CCC(C)n1ncc2c(C(=O)NC(C)C(C)C(=O)O)cc(C)nc21. The van der Waals surface area contributed by atoms with Crippen LogP contribution in [0.4, 0.5) is 0 Å². The molecule has 2 heterocycles. The number of pyridine rings is 1. The van der Waals surface area contributed by atoms with Gasteiger partial charge in [-0.2, -0.15) is 5.10 Å². The second kappa shape index (κ2) is 6.98. The third kappa shape index (κ3) is 3.39. The number of nitrogens with one attached hydrogen (secondary N) is 1. The zero-order chi connectivity index (χ0) is 18.0. The number of carboxylic acids is 1. The molecule has 2 aromatic heterocycles. The highest BCUT2D eigenvalue weighted by molar-refractivity contribution is 6.05. The Bertz CT molecular complexity index is 769. The van der Waals surface area contributed by atoms with Crippen molar-refractivity contribution in [2.24, 2.45) is 5.92 Å². The van der Waals surface area contributed by atoms with E-state index in [-0.39, 0.29) is 11.9 Å². The van der Waals surface area contributed by atoms with Gasteiger partial charge in [-0.1, -0.05) is 6.92 Å². The molecule has 0 aliphatic carbocycles. The lowest BCUT2D eigenvalue weighted by Gasteiger charge is -2.18. The van der Waals surface area contributed by atoms with Crippen LogP contribution in [0, 0.1) is 12.8 Å². The minimum absolute atomic E-state index is 0.179. The van der Waals surface area contributed by atoms with E-state index in [1.807, 2.05) is 18.5 Å². The molecule has 7 heteroatoms. The molecule has 0 aromatic carbocycles. The Morgan fingerprint density at radius 3 is 2.58 bits per heavy atom. The van der Waals surface area contributed by atoms with Crippen LogP contribution >= 0.6 is 0 Å². The van der Waals surface area contributed by atoms with Crippen molar-refractivity contribution >= 4 is 22.9 Å². The molecule has 0 spiro atoms. The van der Waals surface area contributed by atoms with Crippen LogP contribution in [0.3, 0.4) is 0 Å². The Balaban J connectivity index is 2.40. The first kappa shape index (κ1) is 17.9. The van der Waals surface area contributed by atoms with Crippen LogP contribution in [0.2, 0.25) is 0 Å². The normalized spacial score (nSPS) is 15.0. The molecule has 0 aliphatic rings. The van der Waals surface area contributed by atoms with Crippen molar-refractivity contribution in [2.75, 3.05) is 0 Å². The summed E-state index contributed by atoms with van der Waals surface area (Å²) >= 11 is 0. The maximum atomic E-state index is 12.6. The van der Waals surface area contributed by atoms with E-state index in [0.29, 0.717) is 16.6 Å². The fourth-order valence-electron chi connectivity index (χ4n) is 2.45. The molecule has 130 valence electrons. The maximum absolute atomic E-state index is 12.6. The second-order valence-corrected chi connectivity index (χ2v) is 6.28. The zero-order valence-electron chi connectivity index (χ0n) is 14.7. The monoisotopic (exact) mass is 332 g/mol. The Labute approximate surface area is 141 Å². The number of aromatic nitrogens is 3. The van der Waals surface area contributed by atoms with Crippen molar-refractivity contribution in [3.63, 3.8) is 0 Å². The second-order valence-electron chi connectivity index (χ2n) is 6.28. The van der Waals surface area contributed by atoms with Crippen LogP contribution in [0.25, 0.3) is 11.0 Å². The van der Waals surface area contributed by atoms with E-state index < -0.39 is 17.9 Å². The van der Waals surface area contributed by atoms with Crippen LogP contribution in [0.15, 0.2) is 12.3 Å². The molecular weight excluding hydrogens is 308 g/mol. The van der Waals surface area contributed by atoms with E-state index >= 15 is 0 Å². The summed E-state index contributed by atoms with van der Waals surface area (Å²) in [6.45, 7) is 9.20. The zero-order valence-corrected chi connectivity index (χ0v) is 14.7. The molecule has 0 radical (unpaired) electrons. The summed E-state index contributed by atoms with van der Waals surface area (Å²) < 4.78 is 1.82. The van der Waals surface area contributed by atoms with Gasteiger partial charge in [-0.3, -0.25) is 9.59 Å². The van der Waals surface area contributed by atoms with Crippen LogP contribution in [-0.4, -0.2) is 37.8 Å². The highest BCUT2D eigenvalue weighted by Crippen LogP contribution is 2.22. The number of hydrogen-bond acceptors (Lipinski definition) is 4. The van der Waals surface area contributed by atoms with E-state index in [1.54, 1.807) is 26.1 Å². The van der Waals surface area contributed by atoms with Gasteiger partial charge >= 0.3 is 5.97 Å². The Morgan fingerprint density at radius 2 is 2.00 bits per heavy atom. The maximum Gasteiger partial charge on any atom is 0.308 e. The van der Waals surface area contributed by atoms with Gasteiger partial charge in [0.25, 0.3) is 5.91 Å². The quantitative estimate of drug-likeness (QED) is 0.847. The minimum Gasteiger partial charge on any atom is -0.481 e. The molecule has 2 N–H and O–H groups in total. The molecule has 0 saturated heterocycles. The largest absolute Gasteiger partial charge is 0.481 e. The fourth-order valence-corrected chi connectivity index (χ4v) is 2.45. The van der Waals surface area contributed by atoms with Crippen molar-refractivity contribution in [3.05, 3.63) is 23.5 Å². The number of aryl methyl sites for hydroxylation is 1. The predicted octanol–water partition coefficient (Wildman–Crippen LogP) is 2.55. The number of carboxylic acid groups (broad SMARTS) is 1. The van der Waals surface area contributed by atoms with Crippen molar-refractivity contribution < 1.29 is 14.7 Å². The molecule has 2 aromatic rings. The Hall–Kier alpha value is -2.44. The van der Waals surface area contributed by atoms with E-state index in [9.17, 15) is 9.59 Å². The lowest BCUT2D eigenvalue weighted by molar-refractivity contribution is -0.141. The molecule has 0 fully saturated rings. The molecule has 7 nitrogen and oxygen atoms in total. The van der Waals surface area contributed by atoms with Gasteiger partial charge in [0.2, 0.25) is 0 Å². The van der Waals surface area contributed by atoms with Crippen molar-refractivity contribution in [1.82, 2.24) is 20.1 Å². The van der Waals surface area contributed by atoms with E-state index in [1.165, 1.54) is 0 Å². The van der Waals surface area contributed by atoms with Crippen molar-refractivity contribution in [1.29, 1.82) is 0 Å². The van der Waals surface area contributed by atoms with Gasteiger partial charge < -0.3 is 10.4 Å². The third-order valence-electron chi connectivity index (χ3n) is 4.45. The highest BCUT2D eigenvalue weighted by Gasteiger charge is 2.23. The average Bonchev–Trinajstić information content (AvgIpc) is 2.95. The summed E-state index contributed by atoms with van der Waals surface area (Å²) in [6, 6.07) is 1.40. The van der Waals surface area contributed by atoms with Crippen LogP contribution in [0.5, 0.6) is 0 Å². The summed E-state index contributed by atoms with van der Waals surface area (Å²) in [5, 5.41) is 16.9. The predicted molar refractivity (Wildman–Crippen MR) is 91.0 cm³/mol. The highest BCUT2D eigenvalue weighted by atomic mass is 16.4. The topological polar surface area (TPSA) is 97.1 Å². The lowest BCUT2D eigenvalue weighted by Crippen LogP contribution is -2.40. The van der Waals surface area contributed by atoms with Gasteiger partial charge in [0, 0.05) is 11.7 Å². The molecule has 1 amide bonds. The van der Waals surface area contributed by atoms with Gasteiger partial charge in [-0.05, 0) is 40.2 Å². The van der Waals surface area contributed by atoms with Gasteiger partial charge in [-0.15, -0.1) is 0 Å². The number of hydrogen-bond donors (Lipinski definition) is 2. The first-order valence-electron chi connectivity index (χ1n) is 8.14. The molecule has 3 unspecified atom stereocenters. The molecule has 0 bridgehead atoms. The Kier molecular flexibility index (Phi) is 5.21. The van der Waals surface area contributed by atoms with Crippen molar-refractivity contribution in [2.45, 2.75) is 53.1 Å². The summed E-state index contributed by atoms with van der Waals surface area (Å²) in [6.07, 6.45) is 2.55. The van der Waals surface area contributed by atoms with Crippen LogP contribution < -0.4 is 5.32 Å². The molecule has 0 saturated carbocycles. The lowest BCUT2D eigenvalue weighted by atomic mass is 10.0. The molecule has 3 atom stereocenters. The van der Waals surface area contributed by atoms with Crippen molar-refractivity contribution in [3.8, 4) is 0 Å². The average molecular weight is 332 g/mol. The summed E-state index contributed by atoms with van der Waals surface area (Å²) in [4.78, 5) is 28.2. The van der Waals surface area contributed by atoms with Gasteiger partial charge in [0.1, 0.15) is 0 Å². The summed E-state index contributed by atoms with van der Waals surface area (Å²) in [7, 11) is 0. The smallest absolute Gasteiger partial charge is 0.308 e. The number of aliphatic carboxylic acids is 1. The third-order valence-corrected chi connectivity index (χ3v) is 4.45. The van der Waals surface area contributed by atoms with Gasteiger partial charge in [-0.25, -0.2) is 9.67 Å². The number of fused-ring (bicyclic) bond motifs is 1. The number of amides is 1. The number of carbonyl (C=O) groups is 2. The first-order chi connectivity index (χ1) is 11.3. The van der Waals surface area contributed by atoms with E-state index in [4.69, 9.17) is 5.11 Å². The first-order valence-corrected chi connectivity index (χ1v) is 8.14. The molecule has 2 rings (SSSR count). The number of nitrogens with zero attached hydrogens (tertiary/aromatic N) is 3. The number of carbonyl (C=O) groups excluding carboxylic acids is 1. The molecule has 24 heavy (non-hydrogen) atoms.